The Morgan fingerprint density at radius 3 is 2.14 bits per heavy atom. The van der Waals surface area contributed by atoms with E-state index in [-0.39, 0.29) is 0 Å². The Morgan fingerprint density at radius 1 is 1.21 bits per heavy atom. The molecule has 0 radical (unpaired) electrons. The van der Waals surface area contributed by atoms with Gasteiger partial charge in [0.25, 0.3) is 6.20 Å². The van der Waals surface area contributed by atoms with E-state index >= 15 is 0 Å². The topological polar surface area (TPSA) is 46.1 Å². The van der Waals surface area contributed by atoms with Crippen LogP contribution in [0.3, 0.4) is 0 Å². The smallest absolute Gasteiger partial charge is 0.160 e. The summed E-state index contributed by atoms with van der Waals surface area (Å²) in [4.78, 5) is 10.8. The summed E-state index contributed by atoms with van der Waals surface area (Å²) in [6.07, 6.45) is 3.00. The number of hydrogen-bond donors (Lipinski definition) is 1. The molecule has 0 aromatic heterocycles. The average Bonchev–Trinajstić information content (AvgIpc) is 2.10. The van der Waals surface area contributed by atoms with Crippen molar-refractivity contribution in [1.82, 2.24) is 0 Å². The predicted molar refractivity (Wildman–Crippen MR) is 57.5 cm³/mol. The molecule has 1 rings (SSSR count). The lowest BCUT2D eigenvalue weighted by molar-refractivity contribution is -0.489. The molecule has 0 heterocycles. The summed E-state index contributed by atoms with van der Waals surface area (Å²) in [5.74, 6) is 4.94. The van der Waals surface area contributed by atoms with Crippen LogP contribution in [0, 0.1) is 25.7 Å². The first kappa shape index (κ1) is 10.4. The third-order valence-corrected chi connectivity index (χ3v) is 2.36. The minimum Gasteiger partial charge on any atom is -0.160 e. The molecular weight excluding hydrogens is 176 g/mol. The van der Waals surface area contributed by atoms with Gasteiger partial charge < -0.3 is 0 Å². The van der Waals surface area contributed by atoms with Gasteiger partial charge in [0.2, 0.25) is 0 Å². The SMILES string of the molecule is Cc1cc(/C=C/[N+](N)=O)cc(C)c1C. The number of nitrogens with two attached hydrogens (primary N) is 1. The summed E-state index contributed by atoms with van der Waals surface area (Å²) >= 11 is 0. The van der Waals surface area contributed by atoms with Gasteiger partial charge in [-0.05, 0) is 43.0 Å². The van der Waals surface area contributed by atoms with Crippen molar-refractivity contribution in [2.24, 2.45) is 5.84 Å². The Kier molecular flexibility index (Phi) is 3.02. The highest BCUT2D eigenvalue weighted by atomic mass is 16.3. The quantitative estimate of drug-likeness (QED) is 0.442. The van der Waals surface area contributed by atoms with Crippen molar-refractivity contribution in [1.29, 1.82) is 0 Å². The maximum Gasteiger partial charge on any atom is 0.257 e. The maximum atomic E-state index is 10.5. The number of hydrogen-bond acceptors (Lipinski definition) is 1. The molecule has 0 spiro atoms. The van der Waals surface area contributed by atoms with Gasteiger partial charge in [-0.1, -0.05) is 12.1 Å². The van der Waals surface area contributed by atoms with Crippen LogP contribution in [-0.2, 0) is 0 Å². The predicted octanol–water partition coefficient (Wildman–Crippen LogP) is 2.24. The monoisotopic (exact) mass is 191 g/mol. The minimum atomic E-state index is 0.296. The van der Waals surface area contributed by atoms with Crippen molar-refractivity contribution in [3.63, 3.8) is 0 Å². The van der Waals surface area contributed by atoms with E-state index < -0.39 is 0 Å². The van der Waals surface area contributed by atoms with Crippen molar-refractivity contribution in [2.45, 2.75) is 20.8 Å². The number of nitrogens with zero attached hydrogens (tertiary/aromatic N) is 1. The Labute approximate surface area is 83.8 Å². The highest BCUT2D eigenvalue weighted by Gasteiger charge is 2.00. The number of hydrazine groups is 1. The normalized spacial score (nSPS) is 10.8. The lowest BCUT2D eigenvalue weighted by atomic mass is 10.0. The molecule has 0 unspecified atom stereocenters. The lowest BCUT2D eigenvalue weighted by Gasteiger charge is -2.05. The molecule has 3 heteroatoms. The summed E-state index contributed by atoms with van der Waals surface area (Å²) < 4.78 is 0. The third kappa shape index (κ3) is 2.42. The van der Waals surface area contributed by atoms with E-state index in [1.807, 2.05) is 12.1 Å². The van der Waals surface area contributed by atoms with E-state index in [2.05, 4.69) is 20.8 Å². The average molecular weight is 191 g/mol. The minimum absolute atomic E-state index is 0.296. The highest BCUT2D eigenvalue weighted by Crippen LogP contribution is 2.16. The molecule has 14 heavy (non-hydrogen) atoms. The van der Waals surface area contributed by atoms with E-state index in [4.69, 9.17) is 5.84 Å². The van der Waals surface area contributed by atoms with Gasteiger partial charge in [-0.15, -0.1) is 0 Å². The van der Waals surface area contributed by atoms with Gasteiger partial charge in [-0.3, -0.25) is 0 Å². The van der Waals surface area contributed by atoms with E-state index in [1.54, 1.807) is 6.08 Å². The van der Waals surface area contributed by atoms with Crippen molar-refractivity contribution in [3.05, 3.63) is 45.5 Å². The molecule has 1 aromatic rings. The fourth-order valence-electron chi connectivity index (χ4n) is 1.32. The van der Waals surface area contributed by atoms with E-state index in [0.717, 1.165) is 5.56 Å². The zero-order valence-corrected chi connectivity index (χ0v) is 8.74. The van der Waals surface area contributed by atoms with Gasteiger partial charge in [0, 0.05) is 6.08 Å². The molecule has 0 fully saturated rings. The summed E-state index contributed by atoms with van der Waals surface area (Å²) in [6, 6.07) is 4.06. The zero-order valence-electron chi connectivity index (χ0n) is 8.74. The molecule has 2 N–H and O–H groups in total. The second-order valence-corrected chi connectivity index (χ2v) is 3.46. The summed E-state index contributed by atoms with van der Waals surface area (Å²) in [6.45, 7) is 6.19. The van der Waals surface area contributed by atoms with Gasteiger partial charge in [0.15, 0.2) is 0 Å². The molecule has 3 nitrogen and oxygen atoms in total. The van der Waals surface area contributed by atoms with Crippen molar-refractivity contribution in [3.8, 4) is 0 Å². The molecule has 0 amide bonds. The zero-order chi connectivity index (χ0) is 10.7. The molecule has 0 saturated heterocycles. The van der Waals surface area contributed by atoms with Crippen LogP contribution in [0.2, 0.25) is 0 Å². The van der Waals surface area contributed by atoms with Gasteiger partial charge >= 0.3 is 0 Å². The Balaban J connectivity index is 3.07. The second-order valence-electron chi connectivity index (χ2n) is 3.46. The summed E-state index contributed by atoms with van der Waals surface area (Å²) in [5.41, 5.74) is 4.73. The number of benzene rings is 1. The first-order chi connectivity index (χ1) is 6.50. The highest BCUT2D eigenvalue weighted by molar-refractivity contribution is 5.52. The lowest BCUT2D eigenvalue weighted by Crippen LogP contribution is -2.06. The number of rotatable bonds is 2. The number of aryl methyl sites for hydroxylation is 2. The van der Waals surface area contributed by atoms with Crippen LogP contribution in [0.25, 0.3) is 6.08 Å². The van der Waals surface area contributed by atoms with Crippen molar-refractivity contribution >= 4 is 6.08 Å². The van der Waals surface area contributed by atoms with Gasteiger partial charge in [-0.25, -0.2) is 0 Å². The molecule has 0 saturated carbocycles. The first-order valence-corrected chi connectivity index (χ1v) is 4.48. The fraction of sp³-hybridized carbons (Fsp3) is 0.273. The second kappa shape index (κ2) is 4.05. The molecule has 0 bridgehead atoms. The van der Waals surface area contributed by atoms with Crippen molar-refractivity contribution in [2.75, 3.05) is 0 Å². The number of nitroso groups, excluding NO2 is 1. The summed E-state index contributed by atoms with van der Waals surface area (Å²) in [7, 11) is 0. The van der Waals surface area contributed by atoms with Crippen LogP contribution in [0.15, 0.2) is 18.3 Å². The summed E-state index contributed by atoms with van der Waals surface area (Å²) in [5, 5.41) is 0. The first-order valence-electron chi connectivity index (χ1n) is 4.48. The van der Waals surface area contributed by atoms with Crippen LogP contribution < -0.4 is 5.84 Å². The van der Waals surface area contributed by atoms with Crippen LogP contribution in [0.4, 0.5) is 0 Å². The fourth-order valence-corrected chi connectivity index (χ4v) is 1.32. The van der Waals surface area contributed by atoms with Crippen molar-refractivity contribution < 1.29 is 4.87 Å². The molecule has 0 aliphatic heterocycles. The van der Waals surface area contributed by atoms with E-state index in [9.17, 15) is 4.91 Å². The van der Waals surface area contributed by atoms with Crippen LogP contribution >= 0.6 is 0 Å². The maximum absolute atomic E-state index is 10.5. The van der Waals surface area contributed by atoms with Crippen LogP contribution in [0.1, 0.15) is 22.3 Å². The van der Waals surface area contributed by atoms with E-state index in [1.165, 1.54) is 22.9 Å². The Bertz CT molecular complexity index is 371. The Morgan fingerprint density at radius 2 is 1.71 bits per heavy atom. The van der Waals surface area contributed by atoms with E-state index in [0.29, 0.717) is 4.87 Å². The third-order valence-electron chi connectivity index (χ3n) is 2.36. The van der Waals surface area contributed by atoms with Gasteiger partial charge in [0.05, 0.1) is 4.91 Å². The molecule has 0 atom stereocenters. The van der Waals surface area contributed by atoms with Gasteiger partial charge in [-0.2, -0.15) is 5.84 Å². The molecule has 0 aliphatic rings. The largest absolute Gasteiger partial charge is 0.257 e. The molecule has 1 aromatic carbocycles. The molecule has 74 valence electrons. The Hall–Kier alpha value is -1.64. The van der Waals surface area contributed by atoms with Gasteiger partial charge in [0.1, 0.15) is 4.87 Å². The molecule has 0 aliphatic carbocycles. The van der Waals surface area contributed by atoms with Crippen LogP contribution in [-0.4, -0.2) is 4.87 Å². The standard InChI is InChI=1S/C11H15N2O/c1-8-6-11(4-5-13(12)14)7-9(2)10(8)3/h4-7H,1-3H3,(H2,12,14)/q+1/b5-4+. The van der Waals surface area contributed by atoms with Crippen LogP contribution in [0.5, 0.6) is 0 Å². The molecular formula is C11H15N2O+.